The van der Waals surface area contributed by atoms with Gasteiger partial charge >= 0.3 is 5.97 Å². The molecule has 11 N–H and O–H groups in total. The Hall–Kier alpha value is -3.52. The molecule has 0 aromatic carbocycles. The summed E-state index contributed by atoms with van der Waals surface area (Å²) < 4.78 is 0. The number of nitrogens with one attached hydrogen (secondary N) is 4. The zero-order chi connectivity index (χ0) is 25.0. The maximum atomic E-state index is 12.9. The van der Waals surface area contributed by atoms with Crippen molar-refractivity contribution in [2.24, 2.45) is 17.2 Å². The van der Waals surface area contributed by atoms with Crippen LogP contribution in [-0.4, -0.2) is 75.4 Å². The number of unbranched alkanes of at least 4 members (excludes halogenated alkanes) is 1. The van der Waals surface area contributed by atoms with Crippen LogP contribution in [0.25, 0.3) is 0 Å². The topological polar surface area (TPSA) is 248 Å². The fraction of sp³-hybridized carbons (Fsp3) is 0.579. The number of H-pyrrole nitrogens is 1. The number of carboxylic acid groups (broad SMARTS) is 1. The Labute approximate surface area is 190 Å². The number of rotatable bonds is 15. The predicted octanol–water partition coefficient (Wildman–Crippen LogP) is -3.16. The molecule has 4 unspecified atom stereocenters. The van der Waals surface area contributed by atoms with Crippen LogP contribution in [0.5, 0.6) is 0 Å². The average Bonchev–Trinajstić information content (AvgIpc) is 3.24. The number of nitrogens with two attached hydrogens (primary N) is 3. The van der Waals surface area contributed by atoms with Crippen LogP contribution in [0.15, 0.2) is 12.5 Å². The smallest absolute Gasteiger partial charge is 0.326 e. The van der Waals surface area contributed by atoms with E-state index in [0.717, 1.165) is 0 Å². The molecule has 0 radical (unpaired) electrons. The third-order valence-electron chi connectivity index (χ3n) is 4.63. The highest BCUT2D eigenvalue weighted by Crippen LogP contribution is 2.05. The highest BCUT2D eigenvalue weighted by molar-refractivity contribution is 5.96. The lowest BCUT2D eigenvalue weighted by Crippen LogP contribution is -2.58. The Bertz CT molecular complexity index is 813. The molecule has 0 aliphatic carbocycles. The van der Waals surface area contributed by atoms with Gasteiger partial charge in [-0.1, -0.05) is 0 Å². The van der Waals surface area contributed by atoms with E-state index in [0.29, 0.717) is 25.1 Å². The largest absolute Gasteiger partial charge is 0.480 e. The van der Waals surface area contributed by atoms with Gasteiger partial charge in [0.1, 0.15) is 18.1 Å². The van der Waals surface area contributed by atoms with Gasteiger partial charge in [-0.2, -0.15) is 0 Å². The number of aliphatic carboxylic acids is 1. The van der Waals surface area contributed by atoms with E-state index in [-0.39, 0.29) is 12.8 Å². The molecule has 1 aromatic rings. The number of amides is 4. The van der Waals surface area contributed by atoms with E-state index in [9.17, 15) is 29.1 Å². The molecule has 1 aromatic heterocycles. The Balaban J connectivity index is 3.02. The molecule has 0 fully saturated rings. The zero-order valence-electron chi connectivity index (χ0n) is 18.4. The molecule has 14 nitrogen and oxygen atoms in total. The van der Waals surface area contributed by atoms with Crippen LogP contribution in [0.3, 0.4) is 0 Å². The third kappa shape index (κ3) is 10.1. The number of aromatic amines is 1. The van der Waals surface area contributed by atoms with Gasteiger partial charge in [0, 0.05) is 18.3 Å². The lowest BCUT2D eigenvalue weighted by atomic mass is 10.1. The highest BCUT2D eigenvalue weighted by atomic mass is 16.4. The molecule has 1 heterocycles. The lowest BCUT2D eigenvalue weighted by molar-refractivity contribution is -0.142. The molecule has 0 aliphatic rings. The van der Waals surface area contributed by atoms with Crippen LogP contribution in [0, 0.1) is 0 Å². The molecule has 33 heavy (non-hydrogen) atoms. The van der Waals surface area contributed by atoms with Crippen molar-refractivity contribution in [3.05, 3.63) is 18.2 Å². The predicted molar refractivity (Wildman–Crippen MR) is 116 cm³/mol. The SMILES string of the molecule is CC(N)C(=O)NC(CC(N)=O)C(=O)NC(Cc1cnc[nH]1)C(=O)NC(CCCCN)C(=O)O. The second kappa shape index (κ2) is 13.8. The Morgan fingerprint density at radius 2 is 1.64 bits per heavy atom. The van der Waals surface area contributed by atoms with Gasteiger partial charge in [-0.3, -0.25) is 19.2 Å². The highest BCUT2D eigenvalue weighted by Gasteiger charge is 2.31. The Kier molecular flexibility index (Phi) is 11.5. The summed E-state index contributed by atoms with van der Waals surface area (Å²) in [6.07, 6.45) is 3.44. The van der Waals surface area contributed by atoms with Crippen molar-refractivity contribution in [2.75, 3.05) is 6.54 Å². The minimum atomic E-state index is -1.38. The molecule has 0 bridgehead atoms. The standard InChI is InChI=1S/C19H32N8O6/c1-10(21)16(29)26-14(7-15(22)28)18(31)27-13(6-11-8-23-9-24-11)17(30)25-12(19(32)33)4-2-3-5-20/h8-10,12-14H,2-7,20-21H2,1H3,(H2,22,28)(H,23,24)(H,25,30)(H,26,29)(H,27,31)(H,32,33). The van der Waals surface area contributed by atoms with Crippen LogP contribution in [-0.2, 0) is 30.4 Å². The number of imidazole rings is 1. The van der Waals surface area contributed by atoms with E-state index in [1.54, 1.807) is 0 Å². The number of carbonyl (C=O) groups excluding carboxylic acids is 4. The molecule has 4 atom stereocenters. The van der Waals surface area contributed by atoms with Gasteiger partial charge in [-0.05, 0) is 32.7 Å². The van der Waals surface area contributed by atoms with Gasteiger partial charge in [0.2, 0.25) is 23.6 Å². The van der Waals surface area contributed by atoms with Crippen molar-refractivity contribution < 1.29 is 29.1 Å². The van der Waals surface area contributed by atoms with Crippen molar-refractivity contribution >= 4 is 29.6 Å². The molecule has 0 spiro atoms. The van der Waals surface area contributed by atoms with Gasteiger partial charge in [0.05, 0.1) is 18.8 Å². The van der Waals surface area contributed by atoms with Gasteiger partial charge in [0.15, 0.2) is 0 Å². The molecule has 0 aliphatic heterocycles. The van der Waals surface area contributed by atoms with Crippen molar-refractivity contribution in [3.63, 3.8) is 0 Å². The monoisotopic (exact) mass is 468 g/mol. The first-order valence-electron chi connectivity index (χ1n) is 10.4. The maximum absolute atomic E-state index is 12.9. The van der Waals surface area contributed by atoms with Crippen molar-refractivity contribution in [1.29, 1.82) is 0 Å². The number of aromatic nitrogens is 2. The summed E-state index contributed by atoms with van der Waals surface area (Å²) in [6.45, 7) is 1.77. The van der Waals surface area contributed by atoms with E-state index in [2.05, 4.69) is 25.9 Å². The molecule has 1 rings (SSSR count). The van der Waals surface area contributed by atoms with E-state index in [4.69, 9.17) is 17.2 Å². The minimum Gasteiger partial charge on any atom is -0.480 e. The maximum Gasteiger partial charge on any atom is 0.326 e. The number of hydrogen-bond donors (Lipinski definition) is 8. The molecule has 14 heteroatoms. The van der Waals surface area contributed by atoms with Crippen molar-refractivity contribution in [2.45, 2.75) is 63.2 Å². The number of carbonyl (C=O) groups is 5. The van der Waals surface area contributed by atoms with E-state index >= 15 is 0 Å². The summed E-state index contributed by atoms with van der Waals surface area (Å²) in [5.41, 5.74) is 16.6. The first-order valence-corrected chi connectivity index (χ1v) is 10.4. The van der Waals surface area contributed by atoms with E-state index < -0.39 is 60.2 Å². The summed E-state index contributed by atoms with van der Waals surface area (Å²) in [5, 5.41) is 16.6. The first kappa shape index (κ1) is 27.5. The van der Waals surface area contributed by atoms with E-state index in [1.165, 1.54) is 19.4 Å². The summed E-state index contributed by atoms with van der Waals surface area (Å²) in [5.74, 6) is -4.42. The van der Waals surface area contributed by atoms with Crippen LogP contribution < -0.4 is 33.2 Å². The normalized spacial score (nSPS) is 14.4. The average molecular weight is 469 g/mol. The summed E-state index contributed by atoms with van der Waals surface area (Å²) in [6, 6.07) is -4.76. The van der Waals surface area contributed by atoms with E-state index in [1.807, 2.05) is 0 Å². The fourth-order valence-electron chi connectivity index (χ4n) is 2.83. The zero-order valence-corrected chi connectivity index (χ0v) is 18.4. The van der Waals surface area contributed by atoms with Crippen LogP contribution >= 0.6 is 0 Å². The third-order valence-corrected chi connectivity index (χ3v) is 4.63. The quantitative estimate of drug-likeness (QED) is 0.121. The molecular formula is C19H32N8O6. The number of hydrogen-bond acceptors (Lipinski definition) is 8. The van der Waals surface area contributed by atoms with Crippen molar-refractivity contribution in [1.82, 2.24) is 25.9 Å². The van der Waals surface area contributed by atoms with Crippen LogP contribution in [0.1, 0.15) is 38.3 Å². The molecule has 0 saturated carbocycles. The first-order chi connectivity index (χ1) is 15.5. The molecule has 0 saturated heterocycles. The van der Waals surface area contributed by atoms with Crippen molar-refractivity contribution in [3.8, 4) is 0 Å². The second-order valence-corrected chi connectivity index (χ2v) is 7.55. The lowest BCUT2D eigenvalue weighted by Gasteiger charge is -2.24. The molecule has 4 amide bonds. The summed E-state index contributed by atoms with van der Waals surface area (Å²) in [4.78, 5) is 67.2. The Morgan fingerprint density at radius 3 is 2.15 bits per heavy atom. The van der Waals surface area contributed by atoms with Gasteiger partial charge < -0.3 is 43.2 Å². The number of nitrogens with zero attached hydrogens (tertiary/aromatic N) is 1. The van der Waals surface area contributed by atoms with Crippen LogP contribution in [0.4, 0.5) is 0 Å². The summed E-state index contributed by atoms with van der Waals surface area (Å²) in [7, 11) is 0. The minimum absolute atomic E-state index is 0.0583. The number of carboxylic acids is 1. The fourth-order valence-corrected chi connectivity index (χ4v) is 2.83. The molecule has 184 valence electrons. The van der Waals surface area contributed by atoms with Gasteiger partial charge in [-0.25, -0.2) is 9.78 Å². The Morgan fingerprint density at radius 1 is 1.03 bits per heavy atom. The summed E-state index contributed by atoms with van der Waals surface area (Å²) >= 11 is 0. The second-order valence-electron chi connectivity index (χ2n) is 7.55. The molecular weight excluding hydrogens is 436 g/mol. The number of primary amides is 1. The van der Waals surface area contributed by atoms with Crippen LogP contribution in [0.2, 0.25) is 0 Å². The van der Waals surface area contributed by atoms with Gasteiger partial charge in [0.25, 0.3) is 0 Å². The van der Waals surface area contributed by atoms with Gasteiger partial charge in [-0.15, -0.1) is 0 Å².